The van der Waals surface area contributed by atoms with Crippen LogP contribution in [0.1, 0.15) is 45.4 Å². The molecule has 13 heavy (non-hydrogen) atoms. The van der Waals surface area contributed by atoms with Crippen molar-refractivity contribution >= 4 is 11.6 Å². The lowest BCUT2D eigenvalue weighted by atomic mass is 10.1. The third-order valence-electron chi connectivity index (χ3n) is 1.93. The Balaban J connectivity index is 3.02. The second kappa shape index (κ2) is 11.8. The fraction of sp³-hybridized carbons (Fsp3) is 0.667. The van der Waals surface area contributed by atoms with Gasteiger partial charge in [0.05, 0.1) is 0 Å². The Morgan fingerprint density at radius 2 is 1.69 bits per heavy atom. The Morgan fingerprint density at radius 1 is 0.923 bits per heavy atom. The summed E-state index contributed by atoms with van der Waals surface area (Å²) >= 11 is 5.58. The van der Waals surface area contributed by atoms with E-state index in [2.05, 4.69) is 31.2 Å². The van der Waals surface area contributed by atoms with Gasteiger partial charge in [0.15, 0.2) is 0 Å². The van der Waals surface area contributed by atoms with Gasteiger partial charge in [-0.05, 0) is 32.6 Å². The predicted octanol–water partition coefficient (Wildman–Crippen LogP) is 4.70. The van der Waals surface area contributed by atoms with Crippen LogP contribution in [0.5, 0.6) is 0 Å². The molecule has 0 N–H and O–H groups in total. The van der Waals surface area contributed by atoms with Crippen LogP contribution in [-0.4, -0.2) is 5.88 Å². The van der Waals surface area contributed by atoms with E-state index >= 15 is 0 Å². The fourth-order valence-electron chi connectivity index (χ4n) is 1.14. The lowest BCUT2D eigenvalue weighted by Crippen LogP contribution is -1.77. The highest BCUT2D eigenvalue weighted by molar-refractivity contribution is 6.17. The molecule has 0 aliphatic rings. The first-order chi connectivity index (χ1) is 6.41. The highest BCUT2D eigenvalue weighted by Crippen LogP contribution is 2.04. The van der Waals surface area contributed by atoms with Crippen molar-refractivity contribution < 1.29 is 0 Å². The first kappa shape index (κ1) is 12.8. The maximum absolute atomic E-state index is 5.58. The number of rotatable bonds is 8. The van der Waals surface area contributed by atoms with Gasteiger partial charge >= 0.3 is 0 Å². The molecule has 0 radical (unpaired) electrons. The van der Waals surface area contributed by atoms with Crippen LogP contribution in [0.2, 0.25) is 0 Å². The van der Waals surface area contributed by atoms with E-state index in [1.807, 2.05) is 0 Å². The van der Waals surface area contributed by atoms with Crippen LogP contribution < -0.4 is 0 Å². The highest BCUT2D eigenvalue weighted by Gasteiger charge is 1.86. The molecule has 0 unspecified atom stereocenters. The van der Waals surface area contributed by atoms with Crippen LogP contribution in [-0.2, 0) is 0 Å². The Bertz CT molecular complexity index is 136. The van der Waals surface area contributed by atoms with Crippen LogP contribution >= 0.6 is 11.6 Å². The molecule has 0 amide bonds. The summed E-state index contributed by atoms with van der Waals surface area (Å²) in [5.41, 5.74) is 0. The molecule has 0 aromatic heterocycles. The van der Waals surface area contributed by atoms with Crippen LogP contribution in [0.25, 0.3) is 0 Å². The first-order valence-electron chi connectivity index (χ1n) is 5.24. The molecule has 76 valence electrons. The monoisotopic (exact) mass is 200 g/mol. The molecule has 0 saturated carbocycles. The minimum Gasteiger partial charge on any atom is -0.127 e. The fourth-order valence-corrected chi connectivity index (χ4v) is 1.33. The molecule has 0 aliphatic carbocycles. The summed E-state index contributed by atoms with van der Waals surface area (Å²) < 4.78 is 0. The molecule has 0 heterocycles. The van der Waals surface area contributed by atoms with Crippen LogP contribution in [0.3, 0.4) is 0 Å². The molecule has 0 saturated heterocycles. The number of alkyl halides is 1. The van der Waals surface area contributed by atoms with Gasteiger partial charge in [0.2, 0.25) is 0 Å². The van der Waals surface area contributed by atoms with E-state index in [1.54, 1.807) is 0 Å². The van der Waals surface area contributed by atoms with E-state index in [4.69, 9.17) is 11.6 Å². The topological polar surface area (TPSA) is 0 Å². The minimum atomic E-state index is 0.817. The van der Waals surface area contributed by atoms with Crippen molar-refractivity contribution in [2.24, 2.45) is 0 Å². The molecule has 0 aromatic rings. The summed E-state index contributed by atoms with van der Waals surface area (Å²) in [5, 5.41) is 0. The average molecular weight is 201 g/mol. The summed E-state index contributed by atoms with van der Waals surface area (Å²) in [6, 6.07) is 0. The molecular formula is C12H21Cl. The number of halogens is 1. The Kier molecular flexibility index (Phi) is 11.6. The van der Waals surface area contributed by atoms with Gasteiger partial charge in [0.1, 0.15) is 0 Å². The summed E-state index contributed by atoms with van der Waals surface area (Å²) in [7, 11) is 0. The number of allylic oxidation sites excluding steroid dienone is 4. The predicted molar refractivity (Wildman–Crippen MR) is 62.4 cm³/mol. The number of hydrogen-bond donors (Lipinski definition) is 0. The zero-order valence-corrected chi connectivity index (χ0v) is 9.39. The van der Waals surface area contributed by atoms with E-state index in [0.29, 0.717) is 0 Å². The van der Waals surface area contributed by atoms with Crippen LogP contribution in [0.15, 0.2) is 24.3 Å². The van der Waals surface area contributed by atoms with Gasteiger partial charge in [-0.2, -0.15) is 0 Å². The second-order valence-corrected chi connectivity index (χ2v) is 3.55. The molecular weight excluding hydrogens is 180 g/mol. The third-order valence-corrected chi connectivity index (χ3v) is 2.20. The van der Waals surface area contributed by atoms with Crippen molar-refractivity contribution in [3.05, 3.63) is 24.3 Å². The summed E-state index contributed by atoms with van der Waals surface area (Å²) in [4.78, 5) is 0. The molecule has 1 heteroatoms. The average Bonchev–Trinajstić information content (AvgIpc) is 2.16. The van der Waals surface area contributed by atoms with E-state index in [0.717, 1.165) is 12.3 Å². The lowest BCUT2D eigenvalue weighted by molar-refractivity contribution is 0.676. The maximum atomic E-state index is 5.58. The van der Waals surface area contributed by atoms with Crippen molar-refractivity contribution in [1.82, 2.24) is 0 Å². The molecule has 0 fully saturated rings. The molecule has 0 atom stereocenters. The van der Waals surface area contributed by atoms with Crippen LogP contribution in [0.4, 0.5) is 0 Å². The van der Waals surface area contributed by atoms with Crippen LogP contribution in [0, 0.1) is 0 Å². The van der Waals surface area contributed by atoms with Crippen molar-refractivity contribution in [1.29, 1.82) is 0 Å². The van der Waals surface area contributed by atoms with Gasteiger partial charge in [-0.15, -0.1) is 11.6 Å². The molecule has 0 aromatic carbocycles. The molecule has 0 nitrogen and oxygen atoms in total. The Labute approximate surface area is 87.7 Å². The zero-order chi connectivity index (χ0) is 9.78. The third kappa shape index (κ3) is 11.8. The van der Waals surface area contributed by atoms with Crippen molar-refractivity contribution in [3.8, 4) is 0 Å². The van der Waals surface area contributed by atoms with E-state index in [9.17, 15) is 0 Å². The Hall–Kier alpha value is -0.230. The van der Waals surface area contributed by atoms with Gasteiger partial charge in [0, 0.05) is 5.88 Å². The van der Waals surface area contributed by atoms with Gasteiger partial charge < -0.3 is 0 Å². The van der Waals surface area contributed by atoms with E-state index < -0.39 is 0 Å². The summed E-state index contributed by atoms with van der Waals surface area (Å²) in [5.74, 6) is 0.817. The maximum Gasteiger partial charge on any atom is 0.0223 e. The quantitative estimate of drug-likeness (QED) is 0.303. The summed E-state index contributed by atoms with van der Waals surface area (Å²) in [6.07, 6.45) is 16.2. The zero-order valence-electron chi connectivity index (χ0n) is 8.64. The lowest BCUT2D eigenvalue weighted by Gasteiger charge is -1.94. The SMILES string of the molecule is C/C=C/C/C=C\CCCCCCCl. The second-order valence-electron chi connectivity index (χ2n) is 3.17. The van der Waals surface area contributed by atoms with Gasteiger partial charge in [-0.25, -0.2) is 0 Å². The molecule has 0 bridgehead atoms. The van der Waals surface area contributed by atoms with E-state index in [-0.39, 0.29) is 0 Å². The van der Waals surface area contributed by atoms with Gasteiger partial charge in [-0.1, -0.05) is 37.1 Å². The molecule has 0 aliphatic heterocycles. The van der Waals surface area contributed by atoms with Crippen molar-refractivity contribution in [3.63, 3.8) is 0 Å². The van der Waals surface area contributed by atoms with Gasteiger partial charge in [-0.3, -0.25) is 0 Å². The number of unbranched alkanes of at least 4 members (excludes halogenated alkanes) is 4. The minimum absolute atomic E-state index is 0.817. The van der Waals surface area contributed by atoms with Crippen molar-refractivity contribution in [2.45, 2.75) is 45.4 Å². The molecule has 0 rings (SSSR count). The van der Waals surface area contributed by atoms with Crippen molar-refractivity contribution in [2.75, 3.05) is 5.88 Å². The smallest absolute Gasteiger partial charge is 0.0223 e. The van der Waals surface area contributed by atoms with E-state index in [1.165, 1.54) is 32.1 Å². The normalized spacial score (nSPS) is 11.8. The standard InChI is InChI=1S/C12H21Cl/c1-2-3-4-5-6-7-8-9-10-11-12-13/h2-3,5-6H,4,7-12H2,1H3/b3-2+,6-5-. The van der Waals surface area contributed by atoms with Gasteiger partial charge in [0.25, 0.3) is 0 Å². The Morgan fingerprint density at radius 3 is 2.38 bits per heavy atom. The first-order valence-corrected chi connectivity index (χ1v) is 5.77. The highest BCUT2D eigenvalue weighted by atomic mass is 35.5. The molecule has 0 spiro atoms. The summed E-state index contributed by atoms with van der Waals surface area (Å²) in [6.45, 7) is 2.06. The number of hydrogen-bond acceptors (Lipinski definition) is 0. The largest absolute Gasteiger partial charge is 0.127 e.